The van der Waals surface area contributed by atoms with Crippen LogP contribution >= 0.6 is 11.3 Å². The predicted octanol–water partition coefficient (Wildman–Crippen LogP) is 4.80. The molecule has 2 aliphatic rings. The number of fused-ring (bicyclic) bond motifs is 3. The number of hydrogen-bond donors (Lipinski definition) is 0. The van der Waals surface area contributed by atoms with Crippen LogP contribution in [-0.2, 0) is 24.1 Å². The third kappa shape index (κ3) is 4.31. The van der Waals surface area contributed by atoms with Gasteiger partial charge in [0.25, 0.3) is 0 Å². The van der Waals surface area contributed by atoms with E-state index in [1.165, 1.54) is 16.9 Å². The van der Waals surface area contributed by atoms with Crippen molar-refractivity contribution in [3.63, 3.8) is 0 Å². The summed E-state index contributed by atoms with van der Waals surface area (Å²) in [6, 6.07) is 7.74. The van der Waals surface area contributed by atoms with Gasteiger partial charge in [-0.05, 0) is 55.0 Å². The van der Waals surface area contributed by atoms with Crippen LogP contribution in [0.5, 0.6) is 11.6 Å². The molecule has 1 fully saturated rings. The van der Waals surface area contributed by atoms with Crippen molar-refractivity contribution in [1.82, 2.24) is 25.0 Å². The number of thiophene rings is 1. The van der Waals surface area contributed by atoms with Gasteiger partial charge in [0.1, 0.15) is 16.4 Å². The number of rotatable bonds is 5. The van der Waals surface area contributed by atoms with E-state index in [2.05, 4.69) is 22.0 Å². The second-order valence-electron chi connectivity index (χ2n) is 9.13. The van der Waals surface area contributed by atoms with Crippen molar-refractivity contribution in [2.45, 2.75) is 39.7 Å². The smallest absolute Gasteiger partial charge is 0.231 e. The molecule has 1 aromatic carbocycles. The fourth-order valence-corrected chi connectivity index (χ4v) is 6.05. The van der Waals surface area contributed by atoms with E-state index >= 15 is 0 Å². The molecule has 1 aliphatic heterocycles. The summed E-state index contributed by atoms with van der Waals surface area (Å²) in [5, 5.41) is 5.07. The van der Waals surface area contributed by atoms with Crippen LogP contribution in [0, 0.1) is 12.8 Å². The van der Waals surface area contributed by atoms with E-state index in [1.807, 2.05) is 24.3 Å². The summed E-state index contributed by atoms with van der Waals surface area (Å²) >= 11 is 1.81. The Hall–Kier alpha value is -2.88. The number of hydrogen-bond acceptors (Lipinski definition) is 9. The molecule has 9 heteroatoms. The molecule has 1 saturated heterocycles. The number of benzene rings is 1. The minimum atomic E-state index is 0.544. The maximum absolute atomic E-state index is 6.42. The Kier molecular flexibility index (Phi) is 5.76. The van der Waals surface area contributed by atoms with Gasteiger partial charge in [0.15, 0.2) is 0 Å². The molecule has 0 N–H and O–H groups in total. The largest absolute Gasteiger partial charge is 0.438 e. The molecule has 0 radical (unpaired) electrons. The molecule has 34 heavy (non-hydrogen) atoms. The van der Waals surface area contributed by atoms with Gasteiger partial charge in [0.2, 0.25) is 17.6 Å². The standard InChI is InChI=1S/C25H27N5O3S/c1-15-3-8-19-20(13-15)34-25-22(19)24(27-21(28-25)14-30-9-11-31-12-10-30)32-18-6-4-17(5-7-18)23-26-16(2)33-29-23/h4-7,15H,3,8-14H2,1-2H3. The van der Waals surface area contributed by atoms with Crippen LogP contribution in [0.1, 0.15) is 35.5 Å². The van der Waals surface area contributed by atoms with Crippen LogP contribution in [0.25, 0.3) is 21.6 Å². The van der Waals surface area contributed by atoms with Crippen molar-refractivity contribution in [1.29, 1.82) is 0 Å². The molecule has 0 saturated carbocycles. The van der Waals surface area contributed by atoms with Gasteiger partial charge in [-0.1, -0.05) is 12.1 Å². The molecule has 6 rings (SSSR count). The first-order valence-corrected chi connectivity index (χ1v) is 12.6. The van der Waals surface area contributed by atoms with Crippen molar-refractivity contribution in [3.05, 3.63) is 46.4 Å². The molecule has 4 heterocycles. The zero-order valence-electron chi connectivity index (χ0n) is 19.4. The van der Waals surface area contributed by atoms with E-state index in [4.69, 9.17) is 24.0 Å². The van der Waals surface area contributed by atoms with Crippen LogP contribution in [-0.4, -0.2) is 51.3 Å². The van der Waals surface area contributed by atoms with Crippen molar-refractivity contribution in [2.24, 2.45) is 5.92 Å². The van der Waals surface area contributed by atoms with Crippen molar-refractivity contribution < 1.29 is 14.0 Å². The molecule has 0 amide bonds. The van der Waals surface area contributed by atoms with Crippen molar-refractivity contribution in [3.8, 4) is 23.0 Å². The first-order valence-electron chi connectivity index (χ1n) is 11.8. The number of nitrogens with zero attached hydrogens (tertiary/aromatic N) is 5. The fraction of sp³-hybridized carbons (Fsp3) is 0.440. The minimum absolute atomic E-state index is 0.544. The third-order valence-corrected chi connectivity index (χ3v) is 7.64. The number of aromatic nitrogens is 4. The topological polar surface area (TPSA) is 86.4 Å². The zero-order valence-corrected chi connectivity index (χ0v) is 20.2. The summed E-state index contributed by atoms with van der Waals surface area (Å²) in [5.74, 6) is 4.00. The normalized spacial score (nSPS) is 18.8. The molecule has 176 valence electrons. The summed E-state index contributed by atoms with van der Waals surface area (Å²) in [6.07, 6.45) is 3.34. The molecule has 1 unspecified atom stereocenters. The van der Waals surface area contributed by atoms with Gasteiger partial charge in [-0.15, -0.1) is 11.3 Å². The third-order valence-electron chi connectivity index (χ3n) is 6.49. The first-order chi connectivity index (χ1) is 16.6. The van der Waals surface area contributed by atoms with Gasteiger partial charge in [0.05, 0.1) is 25.1 Å². The highest BCUT2D eigenvalue weighted by Crippen LogP contribution is 2.42. The Bertz CT molecular complexity index is 1310. The summed E-state index contributed by atoms with van der Waals surface area (Å²) in [4.78, 5) is 19.0. The lowest BCUT2D eigenvalue weighted by atomic mass is 9.89. The lowest BCUT2D eigenvalue weighted by Crippen LogP contribution is -2.36. The molecule has 3 aromatic heterocycles. The van der Waals surface area contributed by atoms with Crippen LogP contribution in [0.2, 0.25) is 0 Å². The Morgan fingerprint density at radius 1 is 1.12 bits per heavy atom. The summed E-state index contributed by atoms with van der Waals surface area (Å²) in [7, 11) is 0. The summed E-state index contributed by atoms with van der Waals surface area (Å²) < 4.78 is 17.0. The Balaban J connectivity index is 1.35. The molecule has 0 bridgehead atoms. The second kappa shape index (κ2) is 9.05. The summed E-state index contributed by atoms with van der Waals surface area (Å²) in [5.41, 5.74) is 2.25. The van der Waals surface area contributed by atoms with E-state index in [1.54, 1.807) is 18.3 Å². The monoisotopic (exact) mass is 477 g/mol. The molecule has 0 spiro atoms. The highest BCUT2D eigenvalue weighted by Gasteiger charge is 2.25. The van der Waals surface area contributed by atoms with E-state index < -0.39 is 0 Å². The average Bonchev–Trinajstić information content (AvgIpc) is 3.43. The highest BCUT2D eigenvalue weighted by atomic mass is 32.1. The van der Waals surface area contributed by atoms with Crippen LogP contribution in [0.15, 0.2) is 28.8 Å². The Morgan fingerprint density at radius 3 is 2.71 bits per heavy atom. The van der Waals surface area contributed by atoms with E-state index in [9.17, 15) is 0 Å². The Morgan fingerprint density at radius 2 is 1.94 bits per heavy atom. The lowest BCUT2D eigenvalue weighted by molar-refractivity contribution is 0.0330. The molecular formula is C25H27N5O3S. The maximum atomic E-state index is 6.42. The van der Waals surface area contributed by atoms with Crippen LogP contribution < -0.4 is 4.74 Å². The lowest BCUT2D eigenvalue weighted by Gasteiger charge is -2.25. The van der Waals surface area contributed by atoms with Gasteiger partial charge >= 0.3 is 0 Å². The fourth-order valence-electron chi connectivity index (χ4n) is 4.66. The van der Waals surface area contributed by atoms with Crippen LogP contribution in [0.3, 0.4) is 0 Å². The quantitative estimate of drug-likeness (QED) is 0.405. The number of morpholine rings is 1. The molecular weight excluding hydrogens is 450 g/mol. The second-order valence-corrected chi connectivity index (χ2v) is 10.2. The predicted molar refractivity (Wildman–Crippen MR) is 129 cm³/mol. The van der Waals surface area contributed by atoms with Gasteiger partial charge < -0.3 is 14.0 Å². The van der Waals surface area contributed by atoms with E-state index in [-0.39, 0.29) is 0 Å². The summed E-state index contributed by atoms with van der Waals surface area (Å²) in [6.45, 7) is 8.11. The average molecular weight is 478 g/mol. The SMILES string of the molecule is Cc1nc(-c2ccc(Oc3nc(CN4CCOCC4)nc4sc5c(c34)CCC(C)C5)cc2)no1. The van der Waals surface area contributed by atoms with Crippen molar-refractivity contribution in [2.75, 3.05) is 26.3 Å². The molecule has 1 atom stereocenters. The highest BCUT2D eigenvalue weighted by molar-refractivity contribution is 7.18. The minimum Gasteiger partial charge on any atom is -0.438 e. The number of ether oxygens (including phenoxy) is 2. The Labute approximate surface area is 201 Å². The van der Waals surface area contributed by atoms with Gasteiger partial charge in [-0.25, -0.2) is 4.98 Å². The van der Waals surface area contributed by atoms with Crippen LogP contribution in [0.4, 0.5) is 0 Å². The number of aryl methyl sites for hydroxylation is 2. The maximum Gasteiger partial charge on any atom is 0.231 e. The first kappa shape index (κ1) is 21.6. The zero-order chi connectivity index (χ0) is 23.1. The van der Waals surface area contributed by atoms with E-state index in [0.717, 1.165) is 66.5 Å². The van der Waals surface area contributed by atoms with E-state index in [0.29, 0.717) is 30.1 Å². The van der Waals surface area contributed by atoms with Crippen molar-refractivity contribution >= 4 is 21.6 Å². The molecule has 4 aromatic rings. The van der Waals surface area contributed by atoms with Gasteiger partial charge in [-0.3, -0.25) is 4.90 Å². The molecule has 8 nitrogen and oxygen atoms in total. The molecule has 1 aliphatic carbocycles. The van der Waals surface area contributed by atoms with Gasteiger partial charge in [0, 0.05) is 30.5 Å². The van der Waals surface area contributed by atoms with Gasteiger partial charge in [-0.2, -0.15) is 9.97 Å².